The number of unbranched alkanes of at least 4 members (excludes halogenated alkanes) is 4. The van der Waals surface area contributed by atoms with Crippen molar-refractivity contribution in [2.24, 2.45) is 0 Å². The maximum atomic E-state index is 12.1. The SMILES string of the molecule is CCCN(CCC)C(=O)CCCCCCCn1c[c]nc1C. The Morgan fingerprint density at radius 3 is 2.36 bits per heavy atom. The smallest absolute Gasteiger partial charge is 0.222 e. The molecule has 4 nitrogen and oxygen atoms in total. The van der Waals surface area contributed by atoms with E-state index in [1.165, 1.54) is 19.3 Å². The van der Waals surface area contributed by atoms with E-state index < -0.39 is 0 Å². The second kappa shape index (κ2) is 11.3. The van der Waals surface area contributed by atoms with E-state index in [9.17, 15) is 4.79 Å². The summed E-state index contributed by atoms with van der Waals surface area (Å²) >= 11 is 0. The van der Waals surface area contributed by atoms with Crippen LogP contribution in [0.2, 0.25) is 0 Å². The number of hydrogen-bond acceptors (Lipinski definition) is 2. The van der Waals surface area contributed by atoms with Crippen LogP contribution >= 0.6 is 0 Å². The van der Waals surface area contributed by atoms with E-state index >= 15 is 0 Å². The molecule has 0 aromatic carbocycles. The van der Waals surface area contributed by atoms with Crippen molar-refractivity contribution in [3.05, 3.63) is 18.2 Å². The van der Waals surface area contributed by atoms with Gasteiger partial charge in [-0.15, -0.1) is 0 Å². The highest BCUT2D eigenvalue weighted by Crippen LogP contribution is 2.09. The van der Waals surface area contributed by atoms with Crippen molar-refractivity contribution < 1.29 is 4.79 Å². The van der Waals surface area contributed by atoms with Crippen LogP contribution < -0.4 is 0 Å². The average Bonchev–Trinajstić information content (AvgIpc) is 2.91. The van der Waals surface area contributed by atoms with Gasteiger partial charge in [-0.1, -0.05) is 33.1 Å². The van der Waals surface area contributed by atoms with Gasteiger partial charge in [-0.25, -0.2) is 4.98 Å². The van der Waals surface area contributed by atoms with E-state index in [0.717, 1.165) is 57.6 Å². The molecule has 1 rings (SSSR count). The number of amides is 1. The third-order valence-electron chi connectivity index (χ3n) is 3.98. The first-order valence-corrected chi connectivity index (χ1v) is 8.86. The number of imidazole rings is 1. The zero-order chi connectivity index (χ0) is 16.2. The number of rotatable bonds is 12. The fraction of sp³-hybridized carbons (Fsp3) is 0.778. The molecule has 125 valence electrons. The molecule has 0 saturated carbocycles. The first-order chi connectivity index (χ1) is 10.7. The van der Waals surface area contributed by atoms with Crippen LogP contribution in [-0.4, -0.2) is 33.4 Å². The van der Waals surface area contributed by atoms with Gasteiger partial charge in [0.05, 0.1) is 0 Å². The standard InChI is InChI=1S/C18H32N3O/c1-4-13-21(14-5-2)18(22)11-9-7-6-8-10-15-20-16-12-19-17(20)3/h16H,4-11,13-15H2,1-3H3. The van der Waals surface area contributed by atoms with Gasteiger partial charge in [0.1, 0.15) is 12.0 Å². The molecule has 0 N–H and O–H groups in total. The van der Waals surface area contributed by atoms with E-state index in [2.05, 4.69) is 29.6 Å². The highest BCUT2D eigenvalue weighted by Gasteiger charge is 2.10. The molecule has 1 aromatic rings. The minimum atomic E-state index is 0.341. The third kappa shape index (κ3) is 7.10. The lowest BCUT2D eigenvalue weighted by atomic mass is 10.1. The van der Waals surface area contributed by atoms with Crippen LogP contribution in [0.15, 0.2) is 6.20 Å². The summed E-state index contributed by atoms with van der Waals surface area (Å²) in [6, 6.07) is 0. The number of nitrogens with zero attached hydrogens (tertiary/aromatic N) is 3. The van der Waals surface area contributed by atoms with Gasteiger partial charge < -0.3 is 9.47 Å². The maximum absolute atomic E-state index is 12.1. The molecule has 0 spiro atoms. The van der Waals surface area contributed by atoms with Crippen LogP contribution in [0.5, 0.6) is 0 Å². The second-order valence-corrected chi connectivity index (χ2v) is 6.01. The fourth-order valence-corrected chi connectivity index (χ4v) is 2.72. The van der Waals surface area contributed by atoms with E-state index in [1.807, 2.05) is 18.0 Å². The molecule has 1 heterocycles. The Balaban J connectivity index is 2.04. The predicted molar refractivity (Wildman–Crippen MR) is 90.7 cm³/mol. The predicted octanol–water partition coefficient (Wildman–Crippen LogP) is 3.98. The number of hydrogen-bond donors (Lipinski definition) is 0. The van der Waals surface area contributed by atoms with E-state index in [4.69, 9.17) is 0 Å². The molecule has 1 radical (unpaired) electrons. The summed E-state index contributed by atoms with van der Waals surface area (Å²) in [5.41, 5.74) is 0. The Morgan fingerprint density at radius 2 is 1.77 bits per heavy atom. The molecule has 0 atom stereocenters. The Morgan fingerprint density at radius 1 is 1.14 bits per heavy atom. The first-order valence-electron chi connectivity index (χ1n) is 8.86. The summed E-state index contributed by atoms with van der Waals surface area (Å²) in [6.45, 7) is 9.13. The van der Waals surface area contributed by atoms with Crippen LogP contribution in [0, 0.1) is 13.1 Å². The van der Waals surface area contributed by atoms with Crippen molar-refractivity contribution in [3.8, 4) is 0 Å². The van der Waals surface area contributed by atoms with E-state index in [0.29, 0.717) is 5.91 Å². The van der Waals surface area contributed by atoms with Gasteiger partial charge in [-0.2, -0.15) is 0 Å². The quantitative estimate of drug-likeness (QED) is 0.548. The summed E-state index contributed by atoms with van der Waals surface area (Å²) < 4.78 is 2.15. The monoisotopic (exact) mass is 306 g/mol. The number of carbonyl (C=O) groups is 1. The zero-order valence-corrected chi connectivity index (χ0v) is 14.6. The lowest BCUT2D eigenvalue weighted by Crippen LogP contribution is -2.32. The molecule has 0 aliphatic heterocycles. The van der Waals surface area contributed by atoms with Crippen molar-refractivity contribution in [2.45, 2.75) is 78.7 Å². The topological polar surface area (TPSA) is 38.1 Å². The van der Waals surface area contributed by atoms with Crippen LogP contribution in [-0.2, 0) is 11.3 Å². The largest absolute Gasteiger partial charge is 0.343 e. The molecule has 0 aliphatic carbocycles. The first kappa shape index (κ1) is 18.7. The molecule has 0 bridgehead atoms. The Bertz CT molecular complexity index is 408. The van der Waals surface area contributed by atoms with Crippen LogP contribution in [0.4, 0.5) is 0 Å². The normalized spacial score (nSPS) is 10.9. The Hall–Kier alpha value is -1.32. The molecule has 1 amide bonds. The molecule has 4 heteroatoms. The lowest BCUT2D eigenvalue weighted by molar-refractivity contribution is -0.131. The fourth-order valence-electron chi connectivity index (χ4n) is 2.72. The van der Waals surface area contributed by atoms with Gasteiger partial charge in [0.2, 0.25) is 5.91 Å². The van der Waals surface area contributed by atoms with Gasteiger partial charge >= 0.3 is 0 Å². The molecular formula is C18H32N3O. The van der Waals surface area contributed by atoms with Gasteiger partial charge in [-0.3, -0.25) is 4.79 Å². The summed E-state index contributed by atoms with van der Waals surface area (Å²) in [6.07, 6.45) is 13.4. The highest BCUT2D eigenvalue weighted by atomic mass is 16.2. The van der Waals surface area contributed by atoms with Crippen LogP contribution in [0.3, 0.4) is 0 Å². The van der Waals surface area contributed by atoms with Gasteiger partial charge in [0.15, 0.2) is 0 Å². The average molecular weight is 306 g/mol. The lowest BCUT2D eigenvalue weighted by Gasteiger charge is -2.21. The highest BCUT2D eigenvalue weighted by molar-refractivity contribution is 5.76. The number of aromatic nitrogens is 2. The summed E-state index contributed by atoms with van der Waals surface area (Å²) in [5.74, 6) is 1.38. The van der Waals surface area contributed by atoms with Crippen molar-refractivity contribution in [1.29, 1.82) is 0 Å². The summed E-state index contributed by atoms with van der Waals surface area (Å²) in [4.78, 5) is 18.2. The Kier molecular flexibility index (Phi) is 9.60. The van der Waals surface area contributed by atoms with Crippen molar-refractivity contribution in [3.63, 3.8) is 0 Å². The summed E-state index contributed by atoms with van der Waals surface area (Å²) in [5, 5.41) is 0. The molecule has 0 aliphatic rings. The van der Waals surface area contributed by atoms with Crippen molar-refractivity contribution in [1.82, 2.24) is 14.5 Å². The Labute approximate surface area is 135 Å². The summed E-state index contributed by atoms with van der Waals surface area (Å²) in [7, 11) is 0. The maximum Gasteiger partial charge on any atom is 0.222 e. The van der Waals surface area contributed by atoms with Gasteiger partial charge in [0.25, 0.3) is 0 Å². The zero-order valence-electron chi connectivity index (χ0n) is 14.6. The molecule has 22 heavy (non-hydrogen) atoms. The molecule has 0 saturated heterocycles. The van der Waals surface area contributed by atoms with Gasteiger partial charge in [0, 0.05) is 32.3 Å². The second-order valence-electron chi connectivity index (χ2n) is 6.01. The van der Waals surface area contributed by atoms with Crippen LogP contribution in [0.25, 0.3) is 0 Å². The number of carbonyl (C=O) groups excluding carboxylic acids is 1. The van der Waals surface area contributed by atoms with Crippen molar-refractivity contribution in [2.75, 3.05) is 13.1 Å². The van der Waals surface area contributed by atoms with Gasteiger partial charge in [-0.05, 0) is 32.6 Å². The molecular weight excluding hydrogens is 274 g/mol. The molecule has 0 fully saturated rings. The minimum absolute atomic E-state index is 0.341. The minimum Gasteiger partial charge on any atom is -0.343 e. The van der Waals surface area contributed by atoms with E-state index in [-0.39, 0.29) is 0 Å². The number of aryl methyl sites for hydroxylation is 2. The molecule has 0 unspecified atom stereocenters. The van der Waals surface area contributed by atoms with E-state index in [1.54, 1.807) is 0 Å². The molecule has 1 aromatic heterocycles. The van der Waals surface area contributed by atoms with Crippen LogP contribution in [0.1, 0.15) is 71.0 Å². The van der Waals surface area contributed by atoms with Crippen molar-refractivity contribution >= 4 is 5.91 Å². The third-order valence-corrected chi connectivity index (χ3v) is 3.98.